The first-order valence-corrected chi connectivity index (χ1v) is 7.60. The summed E-state index contributed by atoms with van der Waals surface area (Å²) in [6.45, 7) is 4.02. The molecule has 3 N–H and O–H groups in total. The highest BCUT2D eigenvalue weighted by atomic mass is 32.2. The molecule has 0 aromatic carbocycles. The molecule has 1 unspecified atom stereocenters. The van der Waals surface area contributed by atoms with Gasteiger partial charge in [0.25, 0.3) is 0 Å². The fraction of sp³-hybridized carbons (Fsp3) is 0.667. The molecular formula is C12H23N5OS. The first kappa shape index (κ1) is 15.7. The summed E-state index contributed by atoms with van der Waals surface area (Å²) in [5.41, 5.74) is 7.24. The van der Waals surface area contributed by atoms with Gasteiger partial charge in [0.1, 0.15) is 5.82 Å². The predicted molar refractivity (Wildman–Crippen MR) is 81.3 cm³/mol. The highest BCUT2D eigenvalue weighted by molar-refractivity contribution is 7.98. The molecular weight excluding hydrogens is 262 g/mol. The second-order valence-electron chi connectivity index (χ2n) is 4.52. The Hall–Kier alpha value is -1.37. The van der Waals surface area contributed by atoms with Crippen molar-refractivity contribution in [1.29, 1.82) is 0 Å². The van der Waals surface area contributed by atoms with Gasteiger partial charge in [0.2, 0.25) is 0 Å². The number of aryl methyl sites for hydroxylation is 2. The van der Waals surface area contributed by atoms with Crippen LogP contribution in [-0.4, -0.2) is 45.9 Å². The Kier molecular flexibility index (Phi) is 5.53. The topological polar surface area (TPSA) is 79.7 Å². The van der Waals surface area contributed by atoms with E-state index in [2.05, 4.69) is 28.3 Å². The number of hydrogen-bond donors (Lipinski definition) is 2. The van der Waals surface area contributed by atoms with E-state index in [0.717, 1.165) is 23.7 Å². The predicted octanol–water partition coefficient (Wildman–Crippen LogP) is 1.40. The van der Waals surface area contributed by atoms with E-state index < -0.39 is 0 Å². The second-order valence-corrected chi connectivity index (χ2v) is 5.43. The van der Waals surface area contributed by atoms with Crippen molar-refractivity contribution in [3.63, 3.8) is 0 Å². The molecule has 0 spiro atoms. The van der Waals surface area contributed by atoms with Crippen LogP contribution in [0.3, 0.4) is 0 Å². The van der Waals surface area contributed by atoms with Gasteiger partial charge in [0.15, 0.2) is 5.84 Å². The first-order chi connectivity index (χ1) is 8.97. The number of anilines is 1. The van der Waals surface area contributed by atoms with Gasteiger partial charge in [-0.1, -0.05) is 12.1 Å². The number of hydrogen-bond acceptors (Lipinski definition) is 5. The van der Waals surface area contributed by atoms with Gasteiger partial charge in [0, 0.05) is 25.9 Å². The van der Waals surface area contributed by atoms with Crippen molar-refractivity contribution >= 4 is 23.4 Å². The van der Waals surface area contributed by atoms with Crippen LogP contribution in [0.4, 0.5) is 5.82 Å². The summed E-state index contributed by atoms with van der Waals surface area (Å²) in [6.07, 6.45) is 3.12. The van der Waals surface area contributed by atoms with Crippen molar-refractivity contribution in [2.75, 3.05) is 24.0 Å². The van der Waals surface area contributed by atoms with E-state index in [1.54, 1.807) is 4.68 Å². The molecule has 0 fully saturated rings. The van der Waals surface area contributed by atoms with Crippen LogP contribution in [0.1, 0.15) is 24.6 Å². The van der Waals surface area contributed by atoms with Gasteiger partial charge >= 0.3 is 0 Å². The van der Waals surface area contributed by atoms with Crippen molar-refractivity contribution < 1.29 is 5.21 Å². The van der Waals surface area contributed by atoms with Crippen molar-refractivity contribution in [2.24, 2.45) is 17.9 Å². The number of thioether (sulfide) groups is 1. The summed E-state index contributed by atoms with van der Waals surface area (Å²) in [4.78, 5) is 2.16. The molecule has 1 aromatic heterocycles. The molecule has 108 valence electrons. The summed E-state index contributed by atoms with van der Waals surface area (Å²) in [5, 5.41) is 16.4. The number of amidine groups is 1. The van der Waals surface area contributed by atoms with Crippen LogP contribution in [-0.2, 0) is 7.05 Å². The Labute approximate surface area is 118 Å². The molecule has 1 aromatic rings. The maximum absolute atomic E-state index is 8.93. The summed E-state index contributed by atoms with van der Waals surface area (Å²) in [5.74, 6) is 2.01. The molecule has 0 aliphatic heterocycles. The Bertz CT molecular complexity index is 457. The summed E-state index contributed by atoms with van der Waals surface area (Å²) in [7, 11) is 3.90. The Morgan fingerprint density at radius 3 is 2.74 bits per heavy atom. The zero-order valence-electron chi connectivity index (χ0n) is 12.2. The number of aromatic nitrogens is 2. The lowest BCUT2D eigenvalue weighted by Crippen LogP contribution is -2.36. The third kappa shape index (κ3) is 3.15. The molecule has 19 heavy (non-hydrogen) atoms. The van der Waals surface area contributed by atoms with Gasteiger partial charge in [-0.2, -0.15) is 16.9 Å². The zero-order chi connectivity index (χ0) is 14.6. The monoisotopic (exact) mass is 285 g/mol. The molecule has 7 heteroatoms. The number of nitrogens with two attached hydrogens (primary N) is 1. The molecule has 0 saturated heterocycles. The molecule has 6 nitrogen and oxygen atoms in total. The lowest BCUT2D eigenvalue weighted by molar-refractivity contribution is 0.318. The van der Waals surface area contributed by atoms with Gasteiger partial charge in [0.05, 0.1) is 11.3 Å². The summed E-state index contributed by atoms with van der Waals surface area (Å²) in [6, 6.07) is 0.384. The third-order valence-corrected chi connectivity index (χ3v) is 3.99. The van der Waals surface area contributed by atoms with Crippen LogP contribution in [0.15, 0.2) is 5.16 Å². The van der Waals surface area contributed by atoms with Crippen LogP contribution in [0, 0.1) is 6.92 Å². The van der Waals surface area contributed by atoms with Crippen LogP contribution >= 0.6 is 11.8 Å². The zero-order valence-corrected chi connectivity index (χ0v) is 13.0. The van der Waals surface area contributed by atoms with E-state index in [4.69, 9.17) is 10.9 Å². The lowest BCUT2D eigenvalue weighted by atomic mass is 10.1. The van der Waals surface area contributed by atoms with E-state index in [9.17, 15) is 0 Å². The molecule has 1 atom stereocenters. The van der Waals surface area contributed by atoms with Gasteiger partial charge < -0.3 is 15.8 Å². The quantitative estimate of drug-likeness (QED) is 0.357. The van der Waals surface area contributed by atoms with Crippen LogP contribution in [0.2, 0.25) is 0 Å². The molecule has 0 bridgehead atoms. The van der Waals surface area contributed by atoms with E-state index in [0.29, 0.717) is 11.6 Å². The molecule has 0 aliphatic rings. The highest BCUT2D eigenvalue weighted by Gasteiger charge is 2.24. The minimum absolute atomic E-state index is 0.103. The molecule has 1 rings (SSSR count). The average Bonchev–Trinajstić information content (AvgIpc) is 2.69. The highest BCUT2D eigenvalue weighted by Crippen LogP contribution is 2.25. The largest absolute Gasteiger partial charge is 0.409 e. The standard InChI is InChI=1S/C12H23N5OS/c1-6-9(7-19-5)16(3)12-10(11(13)15-18)8(2)14-17(12)4/h9,18H,6-7H2,1-5H3,(H2,13,15). The van der Waals surface area contributed by atoms with E-state index in [1.165, 1.54) is 0 Å². The first-order valence-electron chi connectivity index (χ1n) is 6.21. The molecule has 0 radical (unpaired) electrons. The summed E-state index contributed by atoms with van der Waals surface area (Å²) < 4.78 is 1.78. The van der Waals surface area contributed by atoms with Crippen molar-refractivity contribution in [3.05, 3.63) is 11.3 Å². The lowest BCUT2D eigenvalue weighted by Gasteiger charge is -2.29. The molecule has 0 saturated carbocycles. The van der Waals surface area contributed by atoms with Crippen molar-refractivity contribution in [3.8, 4) is 0 Å². The number of oxime groups is 1. The molecule has 1 heterocycles. The SMILES string of the molecule is CCC(CSC)N(C)c1c(C(N)=NO)c(C)nn1C. The smallest absolute Gasteiger partial charge is 0.175 e. The van der Waals surface area contributed by atoms with E-state index in [-0.39, 0.29) is 5.84 Å². The maximum atomic E-state index is 8.93. The van der Waals surface area contributed by atoms with Gasteiger partial charge in [-0.25, -0.2) is 0 Å². The van der Waals surface area contributed by atoms with Crippen LogP contribution in [0.25, 0.3) is 0 Å². The molecule has 0 amide bonds. The maximum Gasteiger partial charge on any atom is 0.175 e. The minimum atomic E-state index is 0.103. The normalized spacial score (nSPS) is 13.6. The van der Waals surface area contributed by atoms with Crippen molar-refractivity contribution in [1.82, 2.24) is 9.78 Å². The minimum Gasteiger partial charge on any atom is -0.409 e. The fourth-order valence-corrected chi connectivity index (χ4v) is 3.11. The van der Waals surface area contributed by atoms with E-state index in [1.807, 2.05) is 32.8 Å². The molecule has 0 aliphatic carbocycles. The number of rotatable bonds is 6. The number of nitrogens with zero attached hydrogens (tertiary/aromatic N) is 4. The van der Waals surface area contributed by atoms with Crippen molar-refractivity contribution in [2.45, 2.75) is 26.3 Å². The van der Waals surface area contributed by atoms with Gasteiger partial charge in [-0.15, -0.1) is 0 Å². The fourth-order valence-electron chi connectivity index (χ4n) is 2.27. The Balaban J connectivity index is 3.25. The Morgan fingerprint density at radius 2 is 2.26 bits per heavy atom. The van der Waals surface area contributed by atoms with Crippen LogP contribution in [0.5, 0.6) is 0 Å². The van der Waals surface area contributed by atoms with Crippen LogP contribution < -0.4 is 10.6 Å². The Morgan fingerprint density at radius 1 is 1.63 bits per heavy atom. The summed E-state index contributed by atoms with van der Waals surface area (Å²) >= 11 is 1.81. The average molecular weight is 285 g/mol. The van der Waals surface area contributed by atoms with Gasteiger partial charge in [-0.05, 0) is 19.6 Å². The third-order valence-electron chi connectivity index (χ3n) is 3.27. The van der Waals surface area contributed by atoms with Gasteiger partial charge in [-0.3, -0.25) is 4.68 Å². The second kappa shape index (κ2) is 6.70. The van der Waals surface area contributed by atoms with E-state index >= 15 is 0 Å².